The van der Waals surface area contributed by atoms with E-state index in [0.29, 0.717) is 17.7 Å². The molecule has 2 aromatic rings. The first kappa shape index (κ1) is 14.7. The maximum atomic E-state index is 12.1. The van der Waals surface area contributed by atoms with Gasteiger partial charge in [-0.1, -0.05) is 18.2 Å². The average molecular weight is 306 g/mol. The minimum atomic E-state index is -3.45. The molecule has 0 spiro atoms. The summed E-state index contributed by atoms with van der Waals surface area (Å²) in [5, 5.41) is 10.9. The van der Waals surface area contributed by atoms with Gasteiger partial charge in [0.1, 0.15) is 0 Å². The van der Waals surface area contributed by atoms with Crippen LogP contribution in [0.5, 0.6) is 0 Å². The van der Waals surface area contributed by atoms with Gasteiger partial charge in [-0.25, -0.2) is 13.1 Å². The lowest BCUT2D eigenvalue weighted by Gasteiger charge is -2.07. The third-order valence-corrected chi connectivity index (χ3v) is 5.20. The zero-order valence-corrected chi connectivity index (χ0v) is 12.6. The van der Waals surface area contributed by atoms with Crippen LogP contribution in [0.2, 0.25) is 0 Å². The lowest BCUT2D eigenvalue weighted by atomic mass is 10.1. The number of thiophene rings is 1. The molecule has 0 saturated carbocycles. The maximum Gasteiger partial charge on any atom is 0.216 e. The number of aryl methyl sites for hydroxylation is 1. The van der Waals surface area contributed by atoms with Gasteiger partial charge < -0.3 is 0 Å². The number of rotatable bonds is 5. The van der Waals surface area contributed by atoms with Gasteiger partial charge in [-0.15, -0.1) is 11.3 Å². The molecule has 1 N–H and O–H groups in total. The molecule has 6 heteroatoms. The molecule has 0 atom stereocenters. The molecule has 104 valence electrons. The first-order valence-electron chi connectivity index (χ1n) is 6.00. The normalized spacial score (nSPS) is 11.2. The molecule has 1 aromatic heterocycles. The highest BCUT2D eigenvalue weighted by Gasteiger charge is 2.14. The lowest BCUT2D eigenvalue weighted by Crippen LogP contribution is -2.24. The molecule has 0 amide bonds. The molecular weight excluding hydrogens is 292 g/mol. The van der Waals surface area contributed by atoms with Gasteiger partial charge in [0.15, 0.2) is 0 Å². The fraction of sp³-hybridized carbons (Fsp3) is 0.214. The molecule has 0 bridgehead atoms. The first-order valence-corrected chi connectivity index (χ1v) is 8.53. The summed E-state index contributed by atoms with van der Waals surface area (Å²) in [5.41, 5.74) is 1.99. The van der Waals surface area contributed by atoms with Gasteiger partial charge in [0, 0.05) is 11.4 Å². The van der Waals surface area contributed by atoms with Gasteiger partial charge in [-0.2, -0.15) is 5.26 Å². The standard InChI is InChI=1S/C14H14N2O2S2/c1-11-6-7-19-14(11)9-16-20(17,18)10-13-5-3-2-4-12(13)8-15/h2-7,16H,9-10H2,1H3. The number of benzene rings is 1. The Bertz CT molecular complexity index is 743. The third kappa shape index (κ3) is 3.67. The van der Waals surface area contributed by atoms with Crippen LogP contribution in [0.15, 0.2) is 35.7 Å². The summed E-state index contributed by atoms with van der Waals surface area (Å²) in [6.45, 7) is 2.24. The second-order valence-electron chi connectivity index (χ2n) is 4.38. The van der Waals surface area contributed by atoms with Crippen molar-refractivity contribution in [1.82, 2.24) is 4.72 Å². The summed E-state index contributed by atoms with van der Waals surface area (Å²) in [4.78, 5) is 1.00. The van der Waals surface area contributed by atoms with E-state index in [2.05, 4.69) is 4.72 Å². The quantitative estimate of drug-likeness (QED) is 0.923. The van der Waals surface area contributed by atoms with Crippen LogP contribution >= 0.6 is 11.3 Å². The van der Waals surface area contributed by atoms with Crippen LogP contribution in [0.4, 0.5) is 0 Å². The molecule has 1 heterocycles. The number of nitriles is 1. The van der Waals surface area contributed by atoms with Crippen LogP contribution in [0.3, 0.4) is 0 Å². The fourth-order valence-corrected chi connectivity index (χ4v) is 3.84. The smallest absolute Gasteiger partial charge is 0.212 e. The number of hydrogen-bond acceptors (Lipinski definition) is 4. The monoisotopic (exact) mass is 306 g/mol. The number of nitrogens with zero attached hydrogens (tertiary/aromatic N) is 1. The predicted molar refractivity (Wildman–Crippen MR) is 79.7 cm³/mol. The summed E-state index contributed by atoms with van der Waals surface area (Å²) in [5.74, 6) is -0.179. The van der Waals surface area contributed by atoms with Gasteiger partial charge >= 0.3 is 0 Å². The highest BCUT2D eigenvalue weighted by atomic mass is 32.2. The Morgan fingerprint density at radius 3 is 2.70 bits per heavy atom. The fourth-order valence-electron chi connectivity index (χ4n) is 1.77. The molecule has 1 aromatic carbocycles. The SMILES string of the molecule is Cc1ccsc1CNS(=O)(=O)Cc1ccccc1C#N. The van der Waals surface area contributed by atoms with Crippen LogP contribution in [-0.2, 0) is 22.3 Å². The van der Waals surface area contributed by atoms with Crippen molar-refractivity contribution >= 4 is 21.4 Å². The summed E-state index contributed by atoms with van der Waals surface area (Å²) in [6, 6.07) is 10.7. The van der Waals surface area contributed by atoms with E-state index in [1.165, 1.54) is 11.3 Å². The summed E-state index contributed by atoms with van der Waals surface area (Å²) in [6.07, 6.45) is 0. The second kappa shape index (κ2) is 6.18. The second-order valence-corrected chi connectivity index (χ2v) is 7.18. The molecule has 0 radical (unpaired) electrons. The van der Waals surface area contributed by atoms with E-state index in [1.807, 2.05) is 24.4 Å². The minimum absolute atomic E-state index is 0.179. The molecule has 2 rings (SSSR count). The molecule has 0 saturated heterocycles. The van der Waals surface area contributed by atoms with Crippen molar-refractivity contribution < 1.29 is 8.42 Å². The first-order chi connectivity index (χ1) is 9.52. The molecule has 20 heavy (non-hydrogen) atoms. The van der Waals surface area contributed by atoms with Crippen molar-refractivity contribution in [2.24, 2.45) is 0 Å². The Morgan fingerprint density at radius 2 is 2.05 bits per heavy atom. The van der Waals surface area contributed by atoms with E-state index in [4.69, 9.17) is 5.26 Å². The van der Waals surface area contributed by atoms with E-state index in [-0.39, 0.29) is 5.75 Å². The number of nitrogens with one attached hydrogen (secondary N) is 1. The predicted octanol–water partition coefficient (Wildman–Crippen LogP) is 2.55. The van der Waals surface area contributed by atoms with Crippen LogP contribution in [0.25, 0.3) is 0 Å². The Labute approximate surface area is 122 Å². The topological polar surface area (TPSA) is 70.0 Å². The van der Waals surface area contributed by atoms with Crippen LogP contribution < -0.4 is 4.72 Å². The maximum absolute atomic E-state index is 12.1. The third-order valence-electron chi connectivity index (χ3n) is 2.90. The zero-order valence-electron chi connectivity index (χ0n) is 11.0. The van der Waals surface area contributed by atoms with E-state index >= 15 is 0 Å². The van der Waals surface area contributed by atoms with Crippen LogP contribution in [-0.4, -0.2) is 8.42 Å². The lowest BCUT2D eigenvalue weighted by molar-refractivity contribution is 0.581. The van der Waals surface area contributed by atoms with E-state index in [0.717, 1.165) is 10.4 Å². The van der Waals surface area contributed by atoms with Crippen molar-refractivity contribution in [2.45, 2.75) is 19.2 Å². The largest absolute Gasteiger partial charge is 0.216 e. The number of sulfonamides is 1. The van der Waals surface area contributed by atoms with Gasteiger partial charge in [0.2, 0.25) is 10.0 Å². The molecular formula is C14H14N2O2S2. The molecule has 0 aliphatic carbocycles. The number of hydrogen-bond donors (Lipinski definition) is 1. The Morgan fingerprint density at radius 1 is 1.30 bits per heavy atom. The Hall–Kier alpha value is -1.68. The van der Waals surface area contributed by atoms with Crippen molar-refractivity contribution in [3.05, 3.63) is 57.3 Å². The van der Waals surface area contributed by atoms with Crippen molar-refractivity contribution in [1.29, 1.82) is 5.26 Å². The van der Waals surface area contributed by atoms with Crippen LogP contribution in [0.1, 0.15) is 21.6 Å². The summed E-state index contributed by atoms with van der Waals surface area (Å²) >= 11 is 1.52. The summed E-state index contributed by atoms with van der Waals surface area (Å²) in [7, 11) is -3.45. The van der Waals surface area contributed by atoms with Crippen molar-refractivity contribution in [3.63, 3.8) is 0 Å². The molecule has 0 fully saturated rings. The summed E-state index contributed by atoms with van der Waals surface area (Å²) < 4.78 is 26.7. The molecule has 0 aliphatic heterocycles. The van der Waals surface area contributed by atoms with E-state index < -0.39 is 10.0 Å². The molecule has 0 aliphatic rings. The minimum Gasteiger partial charge on any atom is -0.212 e. The Balaban J connectivity index is 2.08. The Kier molecular flexibility index (Phi) is 4.55. The van der Waals surface area contributed by atoms with Gasteiger partial charge in [0.05, 0.1) is 17.4 Å². The van der Waals surface area contributed by atoms with Crippen molar-refractivity contribution in [3.8, 4) is 6.07 Å². The van der Waals surface area contributed by atoms with Gasteiger partial charge in [-0.05, 0) is 35.6 Å². The average Bonchev–Trinajstić information content (AvgIpc) is 2.82. The van der Waals surface area contributed by atoms with E-state index in [9.17, 15) is 8.42 Å². The van der Waals surface area contributed by atoms with E-state index in [1.54, 1.807) is 24.3 Å². The highest BCUT2D eigenvalue weighted by molar-refractivity contribution is 7.88. The molecule has 4 nitrogen and oxygen atoms in total. The van der Waals surface area contributed by atoms with Crippen molar-refractivity contribution in [2.75, 3.05) is 0 Å². The zero-order chi connectivity index (χ0) is 14.6. The highest BCUT2D eigenvalue weighted by Crippen LogP contribution is 2.16. The molecule has 0 unspecified atom stereocenters. The van der Waals surface area contributed by atoms with Gasteiger partial charge in [0.25, 0.3) is 0 Å². The van der Waals surface area contributed by atoms with Gasteiger partial charge in [-0.3, -0.25) is 0 Å². The van der Waals surface area contributed by atoms with Crippen LogP contribution in [0, 0.1) is 18.3 Å².